The molecule has 4 rings (SSSR count). The van der Waals surface area contributed by atoms with Crippen LogP contribution in [0.5, 0.6) is 0 Å². The van der Waals surface area contributed by atoms with E-state index in [1.54, 1.807) is 30.3 Å². The quantitative estimate of drug-likeness (QED) is 0.301. The zero-order valence-electron chi connectivity index (χ0n) is 20.3. The lowest BCUT2D eigenvalue weighted by Gasteiger charge is -2.31. The fourth-order valence-corrected chi connectivity index (χ4v) is 4.49. The topological polar surface area (TPSA) is 93.0 Å². The molecule has 0 radical (unpaired) electrons. The van der Waals surface area contributed by atoms with E-state index in [9.17, 15) is 9.59 Å². The molecule has 2 aromatic heterocycles. The second-order valence-corrected chi connectivity index (χ2v) is 10.1. The molecule has 0 unspecified atom stereocenters. The number of hydrogen-bond donors (Lipinski definition) is 1. The number of benzene rings is 2. The van der Waals surface area contributed by atoms with Gasteiger partial charge in [0, 0.05) is 11.6 Å². The van der Waals surface area contributed by atoms with Crippen molar-refractivity contribution in [3.8, 4) is 10.7 Å². The highest BCUT2D eigenvalue weighted by Gasteiger charge is 2.34. The summed E-state index contributed by atoms with van der Waals surface area (Å²) in [6.07, 6.45) is 0.751. The molecule has 0 saturated heterocycles. The number of anilines is 1. The molecule has 0 aliphatic heterocycles. The number of thiophene rings is 1. The zero-order valence-corrected chi connectivity index (χ0v) is 21.9. The first-order valence-corrected chi connectivity index (χ1v) is 13.0. The summed E-state index contributed by atoms with van der Waals surface area (Å²) in [4.78, 5) is 30.4. The Hall–Kier alpha value is -3.63. The number of nitrogens with one attached hydrogen (secondary N) is 1. The van der Waals surface area contributed by atoms with Crippen molar-refractivity contribution in [3.05, 3.63) is 82.4 Å². The highest BCUT2D eigenvalue weighted by molar-refractivity contribution is 7.13. The second-order valence-electron chi connectivity index (χ2n) is 8.76. The predicted molar refractivity (Wildman–Crippen MR) is 142 cm³/mol. The number of para-hydroxylation sites is 1. The zero-order chi connectivity index (χ0) is 26.4. The van der Waals surface area contributed by atoms with Gasteiger partial charge in [0.15, 0.2) is 0 Å². The number of halogens is 2. The van der Waals surface area contributed by atoms with E-state index in [1.807, 2.05) is 31.4 Å². The number of carbonyl (C=O) groups excluding carboxylic acids is 2. The lowest BCUT2D eigenvalue weighted by Crippen LogP contribution is -2.46. The Labute approximate surface area is 223 Å². The normalized spacial score (nSPS) is 11.9. The first-order valence-electron chi connectivity index (χ1n) is 11.7. The van der Waals surface area contributed by atoms with Crippen molar-refractivity contribution in [3.63, 3.8) is 0 Å². The van der Waals surface area contributed by atoms with Crippen LogP contribution >= 0.6 is 22.9 Å². The van der Waals surface area contributed by atoms with Gasteiger partial charge in [-0.3, -0.25) is 14.5 Å². The maximum absolute atomic E-state index is 15.1. The molecule has 1 N–H and O–H groups in total. The van der Waals surface area contributed by atoms with Gasteiger partial charge in [-0.1, -0.05) is 55.8 Å². The minimum atomic E-state index is -1.16. The number of nitrogens with zero attached hydrogens (tertiary/aromatic N) is 5. The van der Waals surface area contributed by atoms with E-state index in [1.165, 1.54) is 29.5 Å². The number of tetrazole rings is 1. The summed E-state index contributed by atoms with van der Waals surface area (Å²) in [7, 11) is 0. The molecule has 1 atom stereocenters. The molecule has 2 aromatic carbocycles. The molecule has 11 heteroatoms. The van der Waals surface area contributed by atoms with Crippen LogP contribution in [0.2, 0.25) is 5.02 Å². The van der Waals surface area contributed by atoms with Crippen LogP contribution in [0, 0.1) is 11.7 Å². The monoisotopic (exact) mass is 540 g/mol. The molecule has 4 aromatic rings. The summed E-state index contributed by atoms with van der Waals surface area (Å²) >= 11 is 7.53. The fourth-order valence-electron chi connectivity index (χ4n) is 3.72. The van der Waals surface area contributed by atoms with E-state index in [2.05, 4.69) is 20.7 Å². The molecule has 0 aliphatic carbocycles. The van der Waals surface area contributed by atoms with E-state index in [0.29, 0.717) is 28.9 Å². The van der Waals surface area contributed by atoms with E-state index >= 15 is 4.39 Å². The van der Waals surface area contributed by atoms with Crippen LogP contribution in [0.3, 0.4) is 0 Å². The molecule has 8 nitrogen and oxygen atoms in total. The Morgan fingerprint density at radius 1 is 1.11 bits per heavy atom. The first-order chi connectivity index (χ1) is 17.8. The Morgan fingerprint density at radius 3 is 2.54 bits per heavy atom. The molecule has 2 amide bonds. The molecule has 0 aliphatic rings. The molecule has 2 heterocycles. The van der Waals surface area contributed by atoms with Gasteiger partial charge in [0.1, 0.15) is 18.4 Å². The number of aromatic nitrogens is 4. The third kappa shape index (κ3) is 6.58. The summed E-state index contributed by atoms with van der Waals surface area (Å²) in [5, 5.41) is 17.6. The van der Waals surface area contributed by atoms with Gasteiger partial charge in [-0.2, -0.15) is 4.80 Å². The van der Waals surface area contributed by atoms with Crippen molar-refractivity contribution in [2.24, 2.45) is 5.92 Å². The van der Waals surface area contributed by atoms with E-state index in [-0.39, 0.29) is 12.2 Å². The van der Waals surface area contributed by atoms with Gasteiger partial charge in [0.2, 0.25) is 11.7 Å². The van der Waals surface area contributed by atoms with Crippen LogP contribution in [0.15, 0.2) is 66.0 Å². The minimum Gasteiger partial charge on any atom is -0.354 e. The largest absolute Gasteiger partial charge is 0.354 e. The third-order valence-electron chi connectivity index (χ3n) is 5.56. The summed E-state index contributed by atoms with van der Waals surface area (Å²) in [6, 6.07) is 14.9. The molecule has 0 bridgehead atoms. The number of hydrogen-bond acceptors (Lipinski definition) is 6. The third-order valence-corrected chi connectivity index (χ3v) is 6.68. The summed E-state index contributed by atoms with van der Waals surface area (Å²) in [5.74, 6) is -0.921. The highest BCUT2D eigenvalue weighted by Crippen LogP contribution is 2.31. The standard InChI is InChI=1S/C26H26ClFN6O2S/c1-17(2)13-14-29-26(36)24(18-9-11-19(27)12-10-18)34(21-7-4-3-6-20(21)28)23(35)16-33-31-25(30-32-33)22-8-5-15-37-22/h3-12,15,17,24H,13-14,16H2,1-2H3,(H,29,36)/t24-/m0/s1. The van der Waals surface area contributed by atoms with E-state index in [4.69, 9.17) is 11.6 Å². The SMILES string of the molecule is CC(C)CCNC(=O)[C@H](c1ccc(Cl)cc1)N(C(=O)Cn1nnc(-c2cccs2)n1)c1ccccc1F. The van der Waals surface area contributed by atoms with Gasteiger partial charge in [-0.25, -0.2) is 4.39 Å². The van der Waals surface area contributed by atoms with Crippen molar-refractivity contribution >= 4 is 40.4 Å². The number of amides is 2. The first kappa shape index (κ1) is 26.4. The highest BCUT2D eigenvalue weighted by atomic mass is 35.5. The maximum atomic E-state index is 15.1. The van der Waals surface area contributed by atoms with Crippen molar-refractivity contribution in [1.29, 1.82) is 0 Å². The molecule has 0 fully saturated rings. The van der Waals surface area contributed by atoms with Crippen molar-refractivity contribution < 1.29 is 14.0 Å². The fraction of sp³-hybridized carbons (Fsp3) is 0.269. The summed E-state index contributed by atoms with van der Waals surface area (Å²) in [5.41, 5.74) is 0.443. The second kappa shape index (κ2) is 12.1. The molecule has 192 valence electrons. The van der Waals surface area contributed by atoms with Gasteiger partial charge in [0.05, 0.1) is 10.6 Å². The lowest BCUT2D eigenvalue weighted by molar-refractivity contribution is -0.127. The van der Waals surface area contributed by atoms with Crippen molar-refractivity contribution in [2.75, 3.05) is 11.4 Å². The average Bonchev–Trinajstić information content (AvgIpc) is 3.56. The molecule has 0 saturated carbocycles. The Morgan fingerprint density at radius 2 is 1.86 bits per heavy atom. The van der Waals surface area contributed by atoms with Crippen LogP contribution in [0.25, 0.3) is 10.7 Å². The predicted octanol–water partition coefficient (Wildman–Crippen LogP) is 5.13. The minimum absolute atomic E-state index is 0.0370. The number of carbonyl (C=O) groups is 2. The van der Waals surface area contributed by atoms with Gasteiger partial charge in [0.25, 0.3) is 5.91 Å². The maximum Gasteiger partial charge on any atom is 0.251 e. The lowest BCUT2D eigenvalue weighted by atomic mass is 10.0. The molecular weight excluding hydrogens is 515 g/mol. The van der Waals surface area contributed by atoms with Crippen LogP contribution in [0.1, 0.15) is 31.9 Å². The smallest absolute Gasteiger partial charge is 0.251 e. The van der Waals surface area contributed by atoms with Crippen LogP contribution in [-0.4, -0.2) is 38.6 Å². The van der Waals surface area contributed by atoms with Crippen LogP contribution < -0.4 is 10.2 Å². The van der Waals surface area contributed by atoms with E-state index in [0.717, 1.165) is 21.0 Å². The van der Waals surface area contributed by atoms with Crippen LogP contribution in [0.4, 0.5) is 10.1 Å². The van der Waals surface area contributed by atoms with Gasteiger partial charge >= 0.3 is 0 Å². The van der Waals surface area contributed by atoms with Crippen LogP contribution in [-0.2, 0) is 16.1 Å². The number of rotatable bonds is 10. The van der Waals surface area contributed by atoms with Crippen molar-refractivity contribution in [1.82, 2.24) is 25.5 Å². The average molecular weight is 541 g/mol. The molecule has 37 heavy (non-hydrogen) atoms. The van der Waals surface area contributed by atoms with E-state index < -0.39 is 23.7 Å². The Bertz CT molecular complexity index is 1340. The Kier molecular flexibility index (Phi) is 8.62. The summed E-state index contributed by atoms with van der Waals surface area (Å²) in [6.45, 7) is 4.16. The summed E-state index contributed by atoms with van der Waals surface area (Å²) < 4.78 is 15.1. The van der Waals surface area contributed by atoms with Gasteiger partial charge < -0.3 is 5.32 Å². The molecular formula is C26H26ClFN6O2S. The Balaban J connectivity index is 1.71. The van der Waals surface area contributed by atoms with Crippen molar-refractivity contribution in [2.45, 2.75) is 32.9 Å². The van der Waals surface area contributed by atoms with Gasteiger partial charge in [-0.05, 0) is 58.8 Å². The van der Waals surface area contributed by atoms with Gasteiger partial charge in [-0.15, -0.1) is 21.5 Å². The molecule has 0 spiro atoms.